The van der Waals surface area contributed by atoms with E-state index in [0.29, 0.717) is 6.04 Å². The molecule has 2 nitrogen and oxygen atoms in total. The van der Waals surface area contributed by atoms with E-state index < -0.39 is 0 Å². The van der Waals surface area contributed by atoms with E-state index in [2.05, 4.69) is 5.32 Å². The molecule has 0 aromatic carbocycles. The Labute approximate surface area is 80.1 Å². The third-order valence-corrected chi connectivity index (χ3v) is 3.71. The molecule has 2 rings (SSSR count). The van der Waals surface area contributed by atoms with Gasteiger partial charge in [0.25, 0.3) is 0 Å². The Morgan fingerprint density at radius 2 is 1.85 bits per heavy atom. The molecule has 2 aliphatic rings. The molecule has 0 bridgehead atoms. The van der Waals surface area contributed by atoms with Crippen molar-refractivity contribution in [3.63, 3.8) is 0 Å². The van der Waals surface area contributed by atoms with Crippen molar-refractivity contribution in [2.45, 2.75) is 51.5 Å². The Morgan fingerprint density at radius 1 is 1.15 bits per heavy atom. The van der Waals surface area contributed by atoms with Crippen molar-refractivity contribution in [1.29, 1.82) is 0 Å². The average molecular weight is 181 g/mol. The van der Waals surface area contributed by atoms with Gasteiger partial charge in [-0.1, -0.05) is 25.7 Å². The second kappa shape index (κ2) is 3.69. The van der Waals surface area contributed by atoms with Crippen LogP contribution in [0, 0.1) is 11.8 Å². The molecule has 0 spiro atoms. The fourth-order valence-corrected chi connectivity index (χ4v) is 3.21. The van der Waals surface area contributed by atoms with E-state index in [4.69, 9.17) is 0 Å². The quantitative estimate of drug-likeness (QED) is 0.659. The van der Waals surface area contributed by atoms with Gasteiger partial charge in [-0.3, -0.25) is 4.79 Å². The first kappa shape index (κ1) is 9.04. The van der Waals surface area contributed by atoms with Gasteiger partial charge in [0.15, 0.2) is 0 Å². The number of amides is 1. The predicted molar refractivity (Wildman–Crippen MR) is 52.3 cm³/mol. The van der Waals surface area contributed by atoms with Gasteiger partial charge in [0.1, 0.15) is 0 Å². The molecule has 0 saturated heterocycles. The van der Waals surface area contributed by atoms with Crippen LogP contribution < -0.4 is 5.32 Å². The van der Waals surface area contributed by atoms with Crippen LogP contribution in [0.3, 0.4) is 0 Å². The highest BCUT2D eigenvalue weighted by Gasteiger charge is 2.36. The number of hydrogen-bond acceptors (Lipinski definition) is 1. The lowest BCUT2D eigenvalue weighted by atomic mass is 9.78. The number of carbonyl (C=O) groups is 1. The van der Waals surface area contributed by atoms with E-state index in [0.717, 1.165) is 11.8 Å². The van der Waals surface area contributed by atoms with Gasteiger partial charge in [-0.25, -0.2) is 0 Å². The van der Waals surface area contributed by atoms with E-state index in [9.17, 15) is 4.79 Å². The Kier molecular flexibility index (Phi) is 2.56. The topological polar surface area (TPSA) is 29.1 Å². The molecule has 0 aliphatic heterocycles. The molecule has 1 amide bonds. The highest BCUT2D eigenvalue weighted by Crippen LogP contribution is 2.42. The van der Waals surface area contributed by atoms with E-state index in [-0.39, 0.29) is 5.91 Å². The smallest absolute Gasteiger partial charge is 0.217 e. The van der Waals surface area contributed by atoms with Crippen LogP contribution in [0.25, 0.3) is 0 Å². The second-order valence-electron chi connectivity index (χ2n) is 4.59. The predicted octanol–water partition coefficient (Wildman–Crippen LogP) is 2.09. The normalized spacial score (nSPS) is 38.4. The molecule has 74 valence electrons. The Bertz CT molecular complexity index is 202. The zero-order chi connectivity index (χ0) is 9.26. The minimum atomic E-state index is 0.151. The van der Waals surface area contributed by atoms with Crippen molar-refractivity contribution >= 4 is 5.91 Å². The van der Waals surface area contributed by atoms with E-state index in [1.54, 1.807) is 6.92 Å². The Hall–Kier alpha value is -0.530. The van der Waals surface area contributed by atoms with Gasteiger partial charge < -0.3 is 5.32 Å². The van der Waals surface area contributed by atoms with Crippen molar-refractivity contribution in [2.24, 2.45) is 11.8 Å². The summed E-state index contributed by atoms with van der Waals surface area (Å²) in [5, 5.41) is 3.11. The van der Waals surface area contributed by atoms with Crippen LogP contribution in [-0.4, -0.2) is 11.9 Å². The van der Waals surface area contributed by atoms with Crippen molar-refractivity contribution < 1.29 is 4.79 Å². The van der Waals surface area contributed by atoms with Crippen molar-refractivity contribution in [1.82, 2.24) is 5.32 Å². The van der Waals surface area contributed by atoms with E-state index >= 15 is 0 Å². The maximum atomic E-state index is 11.0. The summed E-state index contributed by atoms with van der Waals surface area (Å²) in [5.74, 6) is 1.88. The molecule has 13 heavy (non-hydrogen) atoms. The molecular weight excluding hydrogens is 162 g/mol. The zero-order valence-electron chi connectivity index (χ0n) is 8.38. The van der Waals surface area contributed by atoms with Crippen LogP contribution in [0.1, 0.15) is 45.4 Å². The van der Waals surface area contributed by atoms with Gasteiger partial charge in [-0.2, -0.15) is 0 Å². The number of rotatable bonds is 1. The summed E-state index contributed by atoms with van der Waals surface area (Å²) in [6.07, 6.45) is 8.05. The summed E-state index contributed by atoms with van der Waals surface area (Å²) in [6, 6.07) is 0.499. The molecule has 0 aromatic rings. The monoisotopic (exact) mass is 181 g/mol. The summed E-state index contributed by atoms with van der Waals surface area (Å²) in [5.41, 5.74) is 0. The van der Waals surface area contributed by atoms with Crippen LogP contribution in [0.5, 0.6) is 0 Å². The van der Waals surface area contributed by atoms with Crippen molar-refractivity contribution in [2.75, 3.05) is 0 Å². The molecule has 3 atom stereocenters. The standard InChI is InChI=1S/C11H19NO/c1-8(13)12-11-7-3-5-9-4-2-6-10(9)11/h9-11H,2-7H2,1H3,(H,12,13)/t9-,10+,11?/m0/s1. The SMILES string of the molecule is CC(=O)NC1CCC[C@@H]2CCC[C@@H]12. The lowest BCUT2D eigenvalue weighted by Gasteiger charge is -2.34. The van der Waals surface area contributed by atoms with Crippen LogP contribution in [-0.2, 0) is 4.79 Å². The first-order chi connectivity index (χ1) is 6.27. The molecule has 2 saturated carbocycles. The molecule has 2 aliphatic carbocycles. The lowest BCUT2D eigenvalue weighted by Crippen LogP contribution is -2.42. The third kappa shape index (κ3) is 1.87. The molecule has 0 heterocycles. The number of carbonyl (C=O) groups excluding carboxylic acids is 1. The van der Waals surface area contributed by atoms with Crippen LogP contribution >= 0.6 is 0 Å². The summed E-state index contributed by atoms with van der Waals surface area (Å²) < 4.78 is 0. The molecule has 2 fully saturated rings. The van der Waals surface area contributed by atoms with Crippen molar-refractivity contribution in [3.8, 4) is 0 Å². The second-order valence-corrected chi connectivity index (χ2v) is 4.59. The summed E-state index contributed by atoms with van der Waals surface area (Å²) in [6.45, 7) is 1.64. The molecule has 0 radical (unpaired) electrons. The average Bonchev–Trinajstić information content (AvgIpc) is 2.51. The van der Waals surface area contributed by atoms with Gasteiger partial charge in [0.2, 0.25) is 5.91 Å². The van der Waals surface area contributed by atoms with E-state index in [1.807, 2.05) is 0 Å². The first-order valence-corrected chi connectivity index (χ1v) is 5.54. The molecule has 0 aromatic heterocycles. The van der Waals surface area contributed by atoms with Gasteiger partial charge in [-0.15, -0.1) is 0 Å². The van der Waals surface area contributed by atoms with Gasteiger partial charge in [-0.05, 0) is 24.7 Å². The molecular formula is C11H19NO. The first-order valence-electron chi connectivity index (χ1n) is 5.54. The zero-order valence-corrected chi connectivity index (χ0v) is 8.38. The largest absolute Gasteiger partial charge is 0.353 e. The number of nitrogens with one attached hydrogen (secondary N) is 1. The van der Waals surface area contributed by atoms with Crippen LogP contribution in [0.15, 0.2) is 0 Å². The Balaban J connectivity index is 1.97. The maximum Gasteiger partial charge on any atom is 0.217 e. The maximum absolute atomic E-state index is 11.0. The lowest BCUT2D eigenvalue weighted by molar-refractivity contribution is -0.120. The summed E-state index contributed by atoms with van der Waals surface area (Å²) in [4.78, 5) is 11.0. The van der Waals surface area contributed by atoms with Gasteiger partial charge >= 0.3 is 0 Å². The highest BCUT2D eigenvalue weighted by atomic mass is 16.1. The van der Waals surface area contributed by atoms with Crippen LogP contribution in [0.4, 0.5) is 0 Å². The molecule has 1 N–H and O–H groups in total. The van der Waals surface area contributed by atoms with Gasteiger partial charge in [0, 0.05) is 13.0 Å². The minimum absolute atomic E-state index is 0.151. The van der Waals surface area contributed by atoms with E-state index in [1.165, 1.54) is 38.5 Å². The van der Waals surface area contributed by atoms with Crippen molar-refractivity contribution in [3.05, 3.63) is 0 Å². The number of fused-ring (bicyclic) bond motifs is 1. The summed E-state index contributed by atoms with van der Waals surface area (Å²) >= 11 is 0. The van der Waals surface area contributed by atoms with Crippen LogP contribution in [0.2, 0.25) is 0 Å². The minimum Gasteiger partial charge on any atom is -0.353 e. The fourth-order valence-electron chi connectivity index (χ4n) is 3.21. The molecule has 2 heteroatoms. The summed E-state index contributed by atoms with van der Waals surface area (Å²) in [7, 11) is 0. The Morgan fingerprint density at radius 3 is 2.54 bits per heavy atom. The third-order valence-electron chi connectivity index (χ3n) is 3.71. The fraction of sp³-hybridized carbons (Fsp3) is 0.909. The number of hydrogen-bond donors (Lipinski definition) is 1. The van der Waals surface area contributed by atoms with Gasteiger partial charge in [0.05, 0.1) is 0 Å². The molecule has 1 unspecified atom stereocenters. The highest BCUT2D eigenvalue weighted by molar-refractivity contribution is 5.73.